The van der Waals surface area contributed by atoms with Crippen molar-refractivity contribution in [3.63, 3.8) is 0 Å². The highest BCUT2D eigenvalue weighted by Crippen LogP contribution is 2.25. The van der Waals surface area contributed by atoms with Crippen molar-refractivity contribution in [2.24, 2.45) is 11.8 Å². The van der Waals surface area contributed by atoms with Gasteiger partial charge in [-0.15, -0.1) is 0 Å². The van der Waals surface area contributed by atoms with Crippen LogP contribution in [0, 0.1) is 11.8 Å². The van der Waals surface area contributed by atoms with E-state index < -0.39 is 35.9 Å². The van der Waals surface area contributed by atoms with Gasteiger partial charge in [-0.2, -0.15) is 0 Å². The first-order valence-corrected chi connectivity index (χ1v) is 29.7. The van der Waals surface area contributed by atoms with Crippen molar-refractivity contribution in [2.45, 2.75) is 246 Å². The highest BCUT2D eigenvalue weighted by Gasteiger charge is 2.41. The highest BCUT2D eigenvalue weighted by atomic mass is 16.6. The number of piperazine rings is 1. The molecule has 16 nitrogen and oxygen atoms in total. The Morgan fingerprint density at radius 3 is 1.14 bits per heavy atom. The minimum absolute atomic E-state index is 0.0810. The third kappa shape index (κ3) is 32.5. The minimum atomic E-state index is -0.719. The number of carbonyl (C=O) groups excluding carboxylic acids is 7. The number of rotatable bonds is 44. The van der Waals surface area contributed by atoms with Gasteiger partial charge in [0.15, 0.2) is 0 Å². The Morgan fingerprint density at radius 1 is 0.419 bits per heavy atom. The fraction of sp³-hybridized carbons (Fsp3) is 0.879. The summed E-state index contributed by atoms with van der Waals surface area (Å²) in [6.07, 6.45) is 24.8. The van der Waals surface area contributed by atoms with Crippen LogP contribution in [0.25, 0.3) is 0 Å². The number of nitrogens with zero attached hydrogens (tertiary/aromatic N) is 3. The van der Waals surface area contributed by atoms with Gasteiger partial charge >= 0.3 is 41.8 Å². The maximum atomic E-state index is 14.2. The number of hydrogen-bond acceptors (Lipinski definition) is 14. The molecule has 0 saturated carbocycles. The van der Waals surface area contributed by atoms with Crippen molar-refractivity contribution in [2.75, 3.05) is 72.3 Å². The molecule has 16 heteroatoms. The zero-order valence-electron chi connectivity index (χ0n) is 47.2. The molecule has 0 N–H and O–H groups in total. The molecule has 0 radical (unpaired) electrons. The summed E-state index contributed by atoms with van der Waals surface area (Å²) in [6, 6.07) is -0.848. The van der Waals surface area contributed by atoms with E-state index in [4.69, 9.17) is 28.4 Å². The average Bonchev–Trinajstić information content (AvgIpc) is 3.80. The number of hydrogen-bond donors (Lipinski definition) is 0. The standard InChI is InChI=1S/C58H103N3O13/c1-6-11-15-19-23-27-31-52(62)69-43-48(44-70-53(63)32-28-24-20-16-12-7-2)39-56(66)73-47-50-41-51(42-61(50)58(68)60-37-35-59(10-5)36-38-60)74-57(67)40-49(45-71-54(64)33-29-25-21-17-13-8-3)46-72-55(65)34-30-26-22-18-14-9-4/h48-51H,6-47H2,1-5H3/t50-,51+/m0/s1. The molecule has 0 aromatic rings. The molecule has 2 rings (SSSR count). The van der Waals surface area contributed by atoms with Crippen LogP contribution in [-0.4, -0.2) is 141 Å². The predicted octanol–water partition coefficient (Wildman–Crippen LogP) is 11.5. The van der Waals surface area contributed by atoms with E-state index in [0.717, 1.165) is 122 Å². The number of urea groups is 1. The molecule has 2 aliphatic rings. The first-order valence-electron chi connectivity index (χ1n) is 29.7. The van der Waals surface area contributed by atoms with Gasteiger partial charge in [0, 0.05) is 70.1 Å². The SMILES string of the molecule is CCCCCCCCC(=O)OCC(COC(=O)CCCCCCCC)CC(=O)OC[C@@H]1C[C@@H](OC(=O)CC(COC(=O)CCCCCCCC)COC(=O)CCCCCCCC)CN1C(=O)N1CCN(CC)CC1. The molecule has 0 aliphatic carbocycles. The zero-order valence-corrected chi connectivity index (χ0v) is 47.2. The predicted molar refractivity (Wildman–Crippen MR) is 287 cm³/mol. The summed E-state index contributed by atoms with van der Waals surface area (Å²) in [6.45, 7) is 13.6. The van der Waals surface area contributed by atoms with Gasteiger partial charge in [0.1, 0.15) is 12.7 Å². The van der Waals surface area contributed by atoms with Crippen LogP contribution in [0.3, 0.4) is 0 Å². The number of amides is 2. The third-order valence-corrected chi connectivity index (χ3v) is 14.2. The Bertz CT molecular complexity index is 1480. The molecule has 0 spiro atoms. The van der Waals surface area contributed by atoms with Gasteiger partial charge in [-0.1, -0.05) is 163 Å². The van der Waals surface area contributed by atoms with Gasteiger partial charge in [0.2, 0.25) is 0 Å². The van der Waals surface area contributed by atoms with Crippen molar-refractivity contribution < 1.29 is 62.0 Å². The summed E-state index contributed by atoms with van der Waals surface area (Å²) in [5.74, 6) is -3.89. The summed E-state index contributed by atoms with van der Waals surface area (Å²) >= 11 is 0. The van der Waals surface area contributed by atoms with Gasteiger partial charge in [0.25, 0.3) is 0 Å². The molecule has 2 fully saturated rings. The number of unbranched alkanes of at least 4 members (excludes halogenated alkanes) is 20. The lowest BCUT2D eigenvalue weighted by Crippen LogP contribution is -2.54. The van der Waals surface area contributed by atoms with E-state index in [1.807, 2.05) is 0 Å². The van der Waals surface area contributed by atoms with E-state index in [9.17, 15) is 33.6 Å². The first-order chi connectivity index (χ1) is 35.9. The van der Waals surface area contributed by atoms with Gasteiger partial charge in [-0.05, 0) is 32.2 Å². The van der Waals surface area contributed by atoms with Crippen LogP contribution < -0.4 is 0 Å². The Kier molecular flexibility index (Phi) is 38.6. The summed E-state index contributed by atoms with van der Waals surface area (Å²) in [4.78, 5) is 98.1. The number of esters is 6. The fourth-order valence-corrected chi connectivity index (χ4v) is 9.40. The van der Waals surface area contributed by atoms with Crippen LogP contribution in [-0.2, 0) is 57.2 Å². The molecule has 2 aliphatic heterocycles. The number of carbonyl (C=O) groups is 7. The number of likely N-dealkylation sites (N-methyl/N-ethyl adjacent to an activating group) is 1. The zero-order chi connectivity index (χ0) is 54.0. The van der Waals surface area contributed by atoms with E-state index in [1.165, 1.54) is 25.7 Å². The Balaban J connectivity index is 2.13. The molecule has 2 heterocycles. The first kappa shape index (κ1) is 66.2. The maximum Gasteiger partial charge on any atom is 0.320 e. The second-order valence-electron chi connectivity index (χ2n) is 21.0. The lowest BCUT2D eigenvalue weighted by molar-refractivity contribution is -0.157. The van der Waals surface area contributed by atoms with Crippen molar-refractivity contribution >= 4 is 41.8 Å². The number of likely N-dealkylation sites (tertiary alicyclic amines) is 1. The number of ether oxygens (including phenoxy) is 6. The third-order valence-electron chi connectivity index (χ3n) is 14.2. The smallest absolute Gasteiger partial charge is 0.320 e. The lowest BCUT2D eigenvalue weighted by atomic mass is 10.1. The summed E-state index contributed by atoms with van der Waals surface area (Å²) in [7, 11) is 0. The van der Waals surface area contributed by atoms with E-state index in [2.05, 4.69) is 39.5 Å². The monoisotopic (exact) mass is 1050 g/mol. The molecule has 0 bridgehead atoms. The average molecular weight is 1050 g/mol. The van der Waals surface area contributed by atoms with Crippen molar-refractivity contribution in [3.8, 4) is 0 Å². The van der Waals surface area contributed by atoms with Gasteiger partial charge < -0.3 is 43.1 Å². The van der Waals surface area contributed by atoms with Gasteiger partial charge in [-0.3, -0.25) is 28.8 Å². The van der Waals surface area contributed by atoms with Crippen LogP contribution >= 0.6 is 0 Å². The van der Waals surface area contributed by atoms with E-state index >= 15 is 0 Å². The second-order valence-corrected chi connectivity index (χ2v) is 21.0. The Morgan fingerprint density at radius 2 is 0.770 bits per heavy atom. The molecular weight excluding hydrogens is 947 g/mol. The molecular formula is C58H103N3O13. The highest BCUT2D eigenvalue weighted by molar-refractivity contribution is 5.76. The summed E-state index contributed by atoms with van der Waals surface area (Å²) in [5.41, 5.74) is 0. The quantitative estimate of drug-likeness (QED) is 0.0319. The maximum absolute atomic E-state index is 14.2. The second kappa shape index (κ2) is 43.2. The van der Waals surface area contributed by atoms with Crippen LogP contribution in [0.1, 0.15) is 234 Å². The largest absolute Gasteiger partial charge is 0.465 e. The summed E-state index contributed by atoms with van der Waals surface area (Å²) < 4.78 is 34.3. The van der Waals surface area contributed by atoms with Gasteiger partial charge in [0.05, 0.1) is 51.9 Å². The Hall–Kier alpha value is -3.95. The molecule has 0 aromatic heterocycles. The van der Waals surface area contributed by atoms with Gasteiger partial charge in [-0.25, -0.2) is 4.79 Å². The van der Waals surface area contributed by atoms with Crippen LogP contribution in [0.5, 0.6) is 0 Å². The summed E-state index contributed by atoms with van der Waals surface area (Å²) in [5, 5.41) is 0. The van der Waals surface area contributed by atoms with Crippen LogP contribution in [0.15, 0.2) is 0 Å². The van der Waals surface area contributed by atoms with Crippen molar-refractivity contribution in [1.29, 1.82) is 0 Å². The lowest BCUT2D eigenvalue weighted by Gasteiger charge is -2.37. The molecule has 2 saturated heterocycles. The van der Waals surface area contributed by atoms with Crippen LogP contribution in [0.2, 0.25) is 0 Å². The topological polar surface area (TPSA) is 185 Å². The molecule has 0 unspecified atom stereocenters. The molecule has 428 valence electrons. The Labute approximate surface area is 447 Å². The van der Waals surface area contributed by atoms with E-state index in [0.29, 0.717) is 38.8 Å². The fourth-order valence-electron chi connectivity index (χ4n) is 9.40. The van der Waals surface area contributed by atoms with Crippen molar-refractivity contribution in [1.82, 2.24) is 14.7 Å². The van der Waals surface area contributed by atoms with Crippen LogP contribution in [0.4, 0.5) is 4.79 Å². The van der Waals surface area contributed by atoms with E-state index in [1.54, 1.807) is 9.80 Å². The molecule has 2 atom stereocenters. The minimum Gasteiger partial charge on any atom is -0.465 e. The normalized spacial score (nSPS) is 15.9. The molecule has 0 aromatic carbocycles. The van der Waals surface area contributed by atoms with E-state index in [-0.39, 0.29) is 114 Å². The molecule has 2 amide bonds. The molecule has 74 heavy (non-hydrogen) atoms. The van der Waals surface area contributed by atoms with Crippen molar-refractivity contribution in [3.05, 3.63) is 0 Å².